The molecular weight excluding hydrogens is 228 g/mol. The summed E-state index contributed by atoms with van der Waals surface area (Å²) in [6.45, 7) is 7.97. The molecule has 1 heterocycles. The molecule has 100 valence electrons. The second kappa shape index (κ2) is 6.99. The minimum absolute atomic E-state index is 0.326. The first kappa shape index (κ1) is 14.5. The van der Waals surface area contributed by atoms with E-state index < -0.39 is 5.97 Å². The summed E-state index contributed by atoms with van der Waals surface area (Å²) in [5.41, 5.74) is 1.16. The molecule has 4 nitrogen and oxygen atoms in total. The van der Waals surface area contributed by atoms with Crippen LogP contribution in [0, 0.1) is 0 Å². The van der Waals surface area contributed by atoms with Crippen molar-refractivity contribution in [1.82, 2.24) is 4.98 Å². The van der Waals surface area contributed by atoms with Gasteiger partial charge in [0.15, 0.2) is 0 Å². The predicted octanol–water partition coefficient (Wildman–Crippen LogP) is 2.97. The Balaban J connectivity index is 3.04. The van der Waals surface area contributed by atoms with Gasteiger partial charge < -0.3 is 10.0 Å². The highest BCUT2D eigenvalue weighted by molar-refractivity contribution is 5.88. The monoisotopic (exact) mass is 250 g/mol. The van der Waals surface area contributed by atoms with E-state index in [-0.39, 0.29) is 0 Å². The number of carboxylic acid groups (broad SMARTS) is 1. The van der Waals surface area contributed by atoms with Crippen molar-refractivity contribution in [2.24, 2.45) is 0 Å². The summed E-state index contributed by atoms with van der Waals surface area (Å²) in [4.78, 5) is 17.8. The van der Waals surface area contributed by atoms with Crippen LogP contribution in [0.4, 0.5) is 5.82 Å². The summed E-state index contributed by atoms with van der Waals surface area (Å²) in [6.07, 6.45) is 2.96. The number of rotatable bonds is 7. The number of pyridine rings is 1. The molecule has 4 heteroatoms. The number of unbranched alkanes of at least 4 members (excludes halogenated alkanes) is 1. The third kappa shape index (κ3) is 3.72. The van der Waals surface area contributed by atoms with Gasteiger partial charge in [0.1, 0.15) is 5.82 Å². The zero-order chi connectivity index (χ0) is 13.5. The Morgan fingerprint density at radius 2 is 2.06 bits per heavy atom. The number of hydrogen-bond acceptors (Lipinski definition) is 3. The predicted molar refractivity (Wildman–Crippen MR) is 73.4 cm³/mol. The molecule has 0 fully saturated rings. The van der Waals surface area contributed by atoms with Crippen molar-refractivity contribution in [3.05, 3.63) is 23.4 Å². The molecule has 0 amide bonds. The van der Waals surface area contributed by atoms with E-state index in [1.54, 1.807) is 12.1 Å². The lowest BCUT2D eigenvalue weighted by Crippen LogP contribution is -2.25. The molecule has 0 saturated carbocycles. The SMILES string of the molecule is CCCCN(CC)c1cc(C(=O)O)cc(CC)n1. The zero-order valence-corrected chi connectivity index (χ0v) is 11.4. The van der Waals surface area contributed by atoms with Gasteiger partial charge in [-0.3, -0.25) is 0 Å². The Kier molecular flexibility index (Phi) is 5.62. The minimum Gasteiger partial charge on any atom is -0.478 e. The first-order valence-electron chi connectivity index (χ1n) is 6.61. The number of carboxylic acids is 1. The Morgan fingerprint density at radius 1 is 1.33 bits per heavy atom. The van der Waals surface area contributed by atoms with Crippen LogP contribution in [0.15, 0.2) is 12.1 Å². The third-order valence-electron chi connectivity index (χ3n) is 2.96. The summed E-state index contributed by atoms with van der Waals surface area (Å²) in [5, 5.41) is 9.11. The number of anilines is 1. The van der Waals surface area contributed by atoms with Crippen LogP contribution in [0.1, 0.15) is 49.7 Å². The average molecular weight is 250 g/mol. The van der Waals surface area contributed by atoms with E-state index in [0.717, 1.165) is 43.9 Å². The highest BCUT2D eigenvalue weighted by Crippen LogP contribution is 2.16. The number of hydrogen-bond donors (Lipinski definition) is 1. The van der Waals surface area contributed by atoms with Gasteiger partial charge in [0, 0.05) is 18.8 Å². The number of aromatic carboxylic acids is 1. The Hall–Kier alpha value is -1.58. The Bertz CT molecular complexity index is 405. The van der Waals surface area contributed by atoms with Crippen molar-refractivity contribution in [2.75, 3.05) is 18.0 Å². The lowest BCUT2D eigenvalue weighted by atomic mass is 10.2. The second-order valence-corrected chi connectivity index (χ2v) is 4.30. The van der Waals surface area contributed by atoms with Crippen LogP contribution in [0.2, 0.25) is 0 Å². The summed E-state index contributed by atoms with van der Waals surface area (Å²) in [6, 6.07) is 3.32. The van der Waals surface area contributed by atoms with Crippen LogP contribution in [-0.2, 0) is 6.42 Å². The van der Waals surface area contributed by atoms with E-state index in [2.05, 4.69) is 23.7 Å². The molecule has 0 radical (unpaired) electrons. The molecule has 0 atom stereocenters. The van der Waals surface area contributed by atoms with Gasteiger partial charge in [0.05, 0.1) is 5.56 Å². The molecule has 1 aromatic heterocycles. The normalized spacial score (nSPS) is 10.4. The topological polar surface area (TPSA) is 53.4 Å². The number of nitrogens with zero attached hydrogens (tertiary/aromatic N) is 2. The molecule has 0 aliphatic rings. The van der Waals surface area contributed by atoms with Gasteiger partial charge in [-0.2, -0.15) is 0 Å². The molecule has 0 spiro atoms. The van der Waals surface area contributed by atoms with Crippen molar-refractivity contribution in [1.29, 1.82) is 0 Å². The number of aryl methyl sites for hydroxylation is 1. The van der Waals surface area contributed by atoms with E-state index in [0.29, 0.717) is 5.56 Å². The van der Waals surface area contributed by atoms with Crippen molar-refractivity contribution in [2.45, 2.75) is 40.0 Å². The summed E-state index contributed by atoms with van der Waals surface area (Å²) >= 11 is 0. The summed E-state index contributed by atoms with van der Waals surface area (Å²) in [7, 11) is 0. The fourth-order valence-corrected chi connectivity index (χ4v) is 1.82. The van der Waals surface area contributed by atoms with Crippen LogP contribution < -0.4 is 4.90 Å². The van der Waals surface area contributed by atoms with E-state index in [1.165, 1.54) is 0 Å². The average Bonchev–Trinajstić information content (AvgIpc) is 2.39. The Morgan fingerprint density at radius 3 is 2.56 bits per heavy atom. The van der Waals surface area contributed by atoms with Crippen LogP contribution >= 0.6 is 0 Å². The van der Waals surface area contributed by atoms with Crippen molar-refractivity contribution >= 4 is 11.8 Å². The molecule has 1 N–H and O–H groups in total. The van der Waals surface area contributed by atoms with Crippen LogP contribution in [0.3, 0.4) is 0 Å². The van der Waals surface area contributed by atoms with E-state index >= 15 is 0 Å². The maximum atomic E-state index is 11.1. The largest absolute Gasteiger partial charge is 0.478 e. The summed E-state index contributed by atoms with van der Waals surface area (Å²) in [5.74, 6) is -0.109. The van der Waals surface area contributed by atoms with E-state index in [1.807, 2.05) is 6.92 Å². The quantitative estimate of drug-likeness (QED) is 0.808. The third-order valence-corrected chi connectivity index (χ3v) is 2.96. The molecular formula is C14H22N2O2. The van der Waals surface area contributed by atoms with Gasteiger partial charge in [-0.25, -0.2) is 9.78 Å². The second-order valence-electron chi connectivity index (χ2n) is 4.30. The maximum Gasteiger partial charge on any atom is 0.335 e. The van der Waals surface area contributed by atoms with Crippen LogP contribution in [-0.4, -0.2) is 29.1 Å². The molecule has 18 heavy (non-hydrogen) atoms. The van der Waals surface area contributed by atoms with Gasteiger partial charge in [-0.1, -0.05) is 20.3 Å². The highest BCUT2D eigenvalue weighted by atomic mass is 16.4. The van der Waals surface area contributed by atoms with Gasteiger partial charge in [0.25, 0.3) is 0 Å². The van der Waals surface area contributed by atoms with Gasteiger partial charge in [-0.05, 0) is 31.9 Å². The number of carbonyl (C=O) groups is 1. The lowest BCUT2D eigenvalue weighted by molar-refractivity contribution is 0.0696. The van der Waals surface area contributed by atoms with Crippen molar-refractivity contribution in [3.63, 3.8) is 0 Å². The van der Waals surface area contributed by atoms with Gasteiger partial charge >= 0.3 is 5.97 Å². The zero-order valence-electron chi connectivity index (χ0n) is 11.4. The fraction of sp³-hybridized carbons (Fsp3) is 0.571. The summed E-state index contributed by atoms with van der Waals surface area (Å²) < 4.78 is 0. The minimum atomic E-state index is -0.889. The first-order chi connectivity index (χ1) is 8.62. The molecule has 0 aliphatic heterocycles. The molecule has 0 unspecified atom stereocenters. The lowest BCUT2D eigenvalue weighted by Gasteiger charge is -2.22. The number of aromatic nitrogens is 1. The van der Waals surface area contributed by atoms with Crippen LogP contribution in [0.25, 0.3) is 0 Å². The van der Waals surface area contributed by atoms with E-state index in [9.17, 15) is 4.79 Å². The first-order valence-corrected chi connectivity index (χ1v) is 6.61. The molecule has 0 aliphatic carbocycles. The van der Waals surface area contributed by atoms with Crippen LogP contribution in [0.5, 0.6) is 0 Å². The molecule has 0 bridgehead atoms. The Labute approximate surface area is 109 Å². The highest BCUT2D eigenvalue weighted by Gasteiger charge is 2.11. The van der Waals surface area contributed by atoms with Gasteiger partial charge in [0.2, 0.25) is 0 Å². The molecule has 1 rings (SSSR count). The smallest absolute Gasteiger partial charge is 0.335 e. The van der Waals surface area contributed by atoms with Crippen molar-refractivity contribution < 1.29 is 9.90 Å². The standard InChI is InChI=1S/C14H22N2O2/c1-4-7-8-16(6-3)13-10-11(14(17)18)9-12(5-2)15-13/h9-10H,4-8H2,1-3H3,(H,17,18). The van der Waals surface area contributed by atoms with E-state index in [4.69, 9.17) is 5.11 Å². The molecule has 0 saturated heterocycles. The van der Waals surface area contributed by atoms with Gasteiger partial charge in [-0.15, -0.1) is 0 Å². The molecule has 0 aromatic carbocycles. The molecule has 1 aromatic rings. The fourth-order valence-electron chi connectivity index (χ4n) is 1.82. The maximum absolute atomic E-state index is 11.1. The van der Waals surface area contributed by atoms with Crippen molar-refractivity contribution in [3.8, 4) is 0 Å².